The number of fused-ring (bicyclic) bond motifs is 2. The van der Waals surface area contributed by atoms with Crippen LogP contribution in [0, 0.1) is 17.8 Å². The number of carbonyl (C=O) groups excluding carboxylic acids is 1. The van der Waals surface area contributed by atoms with Crippen molar-refractivity contribution in [3.8, 4) is 0 Å². The maximum Gasteiger partial charge on any atom is 0.311 e. The molecule has 0 spiro atoms. The summed E-state index contributed by atoms with van der Waals surface area (Å²) in [5.41, 5.74) is 11.8. The van der Waals surface area contributed by atoms with Gasteiger partial charge in [-0.05, 0) is 26.2 Å². The maximum atomic E-state index is 12.6. The fraction of sp³-hybridized carbons (Fsp3) is 0.652. The summed E-state index contributed by atoms with van der Waals surface area (Å²) in [5, 5.41) is 118. The minimum absolute atomic E-state index is 0.114. The van der Waals surface area contributed by atoms with Crippen molar-refractivity contribution >= 4 is 11.9 Å². The molecule has 0 radical (unpaired) electrons. The smallest absolute Gasteiger partial charge is 0.311 e. The van der Waals surface area contributed by atoms with Gasteiger partial charge in [0.2, 0.25) is 0 Å². The van der Waals surface area contributed by atoms with Crippen molar-refractivity contribution < 1.29 is 84.7 Å². The lowest BCUT2D eigenvalue weighted by molar-refractivity contribution is -0.309. The summed E-state index contributed by atoms with van der Waals surface area (Å²) >= 11 is 0. The van der Waals surface area contributed by atoms with E-state index < -0.39 is 147 Å². The molecule has 0 aromatic rings. The van der Waals surface area contributed by atoms with Crippen molar-refractivity contribution in [2.24, 2.45) is 29.2 Å². The van der Waals surface area contributed by atoms with E-state index >= 15 is 0 Å². The Morgan fingerprint density at radius 2 is 1.25 bits per heavy atom. The van der Waals surface area contributed by atoms with Crippen LogP contribution in [0.15, 0.2) is 85.1 Å². The summed E-state index contributed by atoms with van der Waals surface area (Å²) < 4.78 is 22.8. The number of cyclic esters (lactones) is 1. The fourth-order valence-electron chi connectivity index (χ4n) is 7.82. The van der Waals surface area contributed by atoms with E-state index in [4.69, 9.17) is 30.4 Å². The normalized spacial score (nSPS) is 45.5. The topological polar surface area (TPSA) is 346 Å². The third-order valence-corrected chi connectivity index (χ3v) is 11.8. The highest BCUT2D eigenvalue weighted by atomic mass is 16.7. The van der Waals surface area contributed by atoms with Crippen LogP contribution in [0.25, 0.3) is 0 Å². The highest BCUT2D eigenvalue weighted by Gasteiger charge is 2.51. The van der Waals surface area contributed by atoms with Crippen molar-refractivity contribution in [2.75, 3.05) is 0 Å². The van der Waals surface area contributed by atoms with E-state index in [1.807, 2.05) is 13.0 Å². The molecule has 0 aromatic carbocycles. The van der Waals surface area contributed by atoms with Crippen molar-refractivity contribution in [1.29, 1.82) is 0 Å². The van der Waals surface area contributed by atoms with E-state index in [1.54, 1.807) is 86.8 Å². The van der Waals surface area contributed by atoms with Gasteiger partial charge in [0.25, 0.3) is 0 Å². The Balaban J connectivity index is 1.86. The number of allylic oxidation sites excluding steroid dienone is 12. The molecule has 0 aliphatic carbocycles. The van der Waals surface area contributed by atoms with Gasteiger partial charge < -0.3 is 86.6 Å². The van der Waals surface area contributed by atoms with E-state index in [0.717, 1.165) is 0 Å². The fourth-order valence-corrected chi connectivity index (χ4v) is 7.82. The molecule has 3 heterocycles. The summed E-state index contributed by atoms with van der Waals surface area (Å²) in [6.45, 7) is 5.20. The number of aliphatic carboxylic acids is 1. The van der Waals surface area contributed by atoms with Crippen molar-refractivity contribution in [1.82, 2.24) is 0 Å². The lowest BCUT2D eigenvalue weighted by Crippen LogP contribution is -2.64. The van der Waals surface area contributed by atoms with Crippen LogP contribution in [-0.4, -0.2) is 166 Å². The second-order valence-electron chi connectivity index (χ2n) is 17.3. The first-order chi connectivity index (χ1) is 30.6. The van der Waals surface area contributed by atoms with Gasteiger partial charge in [-0.25, -0.2) is 0 Å². The molecule has 3 rings (SSSR count). The quantitative estimate of drug-likeness (QED) is 0.160. The highest BCUT2D eigenvalue weighted by molar-refractivity contribution is 5.71. The first-order valence-electron chi connectivity index (χ1n) is 22.1. The predicted molar refractivity (Wildman–Crippen MR) is 236 cm³/mol. The first kappa shape index (κ1) is 55.8. The molecule has 65 heavy (non-hydrogen) atoms. The van der Waals surface area contributed by atoms with Crippen LogP contribution in [0.5, 0.6) is 0 Å². The largest absolute Gasteiger partial charge is 0.481 e. The number of nitrogens with two attached hydrogens (primary N) is 2. The molecule has 2 fully saturated rings. The van der Waals surface area contributed by atoms with Gasteiger partial charge in [-0.1, -0.05) is 98.9 Å². The monoisotopic (exact) mass is 924 g/mol. The van der Waals surface area contributed by atoms with Crippen molar-refractivity contribution in [3.63, 3.8) is 0 Å². The molecule has 13 unspecified atom stereocenters. The van der Waals surface area contributed by atoms with Crippen LogP contribution in [0.3, 0.4) is 0 Å². The molecule has 19 heteroatoms. The molecule has 2 bridgehead atoms. The Morgan fingerprint density at radius 3 is 1.83 bits per heavy atom. The average Bonchev–Trinajstić information content (AvgIpc) is 3.21. The molecule has 15 N–H and O–H groups in total. The number of ether oxygens (including phenoxy) is 4. The standard InChI is InChI=1S/C46H72N2O17/c1-26-16-14-12-10-8-6-4-5-7-9-11-13-15-17-32(63-45-42(58)39(47)41(57)43(48)64-45)23-36-38(44(59)60)35(54)25-46(61,65-36)24-31(51)21-34(53)33(52)19-18-29(49)20-30(50)22-37(55)62-28(3)27(2)40(26)56/h4-17,26-36,38-43,45,49-54,56-58,61H,18-25,47-48H2,1-3H3,(H,59,60)/b5-4+,8-6+,9-7+,12-10+,13-11+,16-14+,17-15+/t26-,27-,28-,29?,30?,31?,32?,33?,34?,35-,36-,38?,39?,40+,41?,42?,43?,45?,46?/m0/s1. The first-order valence-corrected chi connectivity index (χ1v) is 22.1. The summed E-state index contributed by atoms with van der Waals surface area (Å²) in [4.78, 5) is 25.1. The SMILES string of the molecule is C[C@@H]1[C@H](O)[C@@H](C)/C=C/C=C/C=C/C=C/C=C/C=C/C=C/C(OC2OC(N)C(O)C(N)C2O)C[C@@H]2OC(O)(CC(O)CC(O)C(O)CCC(O)CC(O)CC(=O)O[C@H]1C)C[C@H](O)C2C(=O)O. The van der Waals surface area contributed by atoms with Crippen LogP contribution in [-0.2, 0) is 28.5 Å². The lowest BCUT2D eigenvalue weighted by atomic mass is 9.82. The number of hydrogen-bond donors (Lipinski definition) is 13. The van der Waals surface area contributed by atoms with E-state index in [1.165, 1.54) is 6.08 Å². The average molecular weight is 925 g/mol. The van der Waals surface area contributed by atoms with Gasteiger partial charge in [0.05, 0.1) is 67.4 Å². The molecule has 19 nitrogen and oxygen atoms in total. The Kier molecular flexibility index (Phi) is 23.5. The summed E-state index contributed by atoms with van der Waals surface area (Å²) in [7, 11) is 0. The van der Waals surface area contributed by atoms with Crippen LogP contribution >= 0.6 is 0 Å². The Hall–Kier alpha value is -3.48. The zero-order valence-electron chi connectivity index (χ0n) is 37.2. The number of carbonyl (C=O) groups is 2. The minimum Gasteiger partial charge on any atom is -0.481 e. The van der Waals surface area contributed by atoms with Gasteiger partial charge >= 0.3 is 11.9 Å². The zero-order chi connectivity index (χ0) is 48.4. The van der Waals surface area contributed by atoms with Crippen molar-refractivity contribution in [3.05, 3.63) is 85.1 Å². The third kappa shape index (κ3) is 18.6. The number of esters is 1. The minimum atomic E-state index is -2.35. The van der Waals surface area contributed by atoms with Gasteiger partial charge in [0.15, 0.2) is 12.1 Å². The Labute approximate surface area is 380 Å². The molecular formula is C46H72N2O17. The van der Waals surface area contributed by atoms with E-state index in [9.17, 15) is 65.8 Å². The lowest BCUT2D eigenvalue weighted by Gasteiger charge is -2.45. The van der Waals surface area contributed by atoms with Crippen molar-refractivity contribution in [2.45, 2.75) is 170 Å². The molecule has 0 aromatic heterocycles. The van der Waals surface area contributed by atoms with E-state index in [0.29, 0.717) is 0 Å². The van der Waals surface area contributed by atoms with Gasteiger partial charge in [-0.3, -0.25) is 9.59 Å². The molecular weight excluding hydrogens is 853 g/mol. The Morgan fingerprint density at radius 1 is 0.677 bits per heavy atom. The van der Waals surface area contributed by atoms with E-state index in [-0.39, 0.29) is 31.6 Å². The van der Waals surface area contributed by atoms with Crippen LogP contribution in [0.2, 0.25) is 0 Å². The number of aliphatic hydroxyl groups is 10. The van der Waals surface area contributed by atoms with Crippen LogP contribution in [0.4, 0.5) is 0 Å². The van der Waals surface area contributed by atoms with Crippen LogP contribution in [0.1, 0.15) is 72.1 Å². The molecule has 3 aliphatic rings. The number of carboxylic acids is 1. The van der Waals surface area contributed by atoms with Gasteiger partial charge in [-0.2, -0.15) is 0 Å². The molecule has 3 aliphatic heterocycles. The van der Waals surface area contributed by atoms with Gasteiger partial charge in [0.1, 0.15) is 30.5 Å². The summed E-state index contributed by atoms with van der Waals surface area (Å²) in [6.07, 6.45) is 2.05. The second-order valence-corrected chi connectivity index (χ2v) is 17.3. The number of hydrogen-bond acceptors (Lipinski definition) is 18. The van der Waals surface area contributed by atoms with Gasteiger partial charge in [0, 0.05) is 37.5 Å². The molecule has 368 valence electrons. The number of carboxylic acid groups (broad SMARTS) is 1. The number of rotatable bonds is 3. The molecule has 0 saturated carbocycles. The van der Waals surface area contributed by atoms with E-state index in [2.05, 4.69) is 0 Å². The Bertz CT molecular complexity index is 1670. The molecule has 19 atom stereocenters. The maximum absolute atomic E-state index is 12.6. The van der Waals surface area contributed by atoms with Crippen LogP contribution < -0.4 is 11.5 Å². The highest BCUT2D eigenvalue weighted by Crippen LogP contribution is 2.38. The number of aliphatic hydroxyl groups excluding tert-OH is 9. The summed E-state index contributed by atoms with van der Waals surface area (Å²) in [5.74, 6) is -6.91. The van der Waals surface area contributed by atoms with Gasteiger partial charge in [-0.15, -0.1) is 0 Å². The second kappa shape index (κ2) is 27.4. The third-order valence-electron chi connectivity index (χ3n) is 11.8. The molecule has 0 amide bonds. The summed E-state index contributed by atoms with van der Waals surface area (Å²) in [6, 6.07) is -1.27. The predicted octanol–water partition coefficient (Wildman–Crippen LogP) is -0.392. The molecule has 2 saturated heterocycles. The zero-order valence-corrected chi connectivity index (χ0v) is 37.2.